The first kappa shape index (κ1) is 11.0. The molecule has 0 aliphatic heterocycles. The van der Waals surface area contributed by atoms with Crippen molar-refractivity contribution in [2.24, 2.45) is 5.73 Å². The maximum atomic E-state index is 12.3. The van der Waals surface area contributed by atoms with Crippen LogP contribution >= 0.6 is 31.9 Å². The van der Waals surface area contributed by atoms with Crippen LogP contribution in [0.15, 0.2) is 15.1 Å². The van der Waals surface area contributed by atoms with Crippen LogP contribution in [0.2, 0.25) is 0 Å². The van der Waals surface area contributed by atoms with Crippen LogP contribution in [0.4, 0.5) is 8.78 Å². The molecule has 72 valence electrons. The highest BCUT2D eigenvalue weighted by Gasteiger charge is 2.17. The molecule has 1 aromatic heterocycles. The number of nitrogens with two attached hydrogens (primary N) is 1. The van der Waals surface area contributed by atoms with Crippen molar-refractivity contribution in [1.82, 2.24) is 4.98 Å². The molecule has 0 fully saturated rings. The summed E-state index contributed by atoms with van der Waals surface area (Å²) in [5.41, 5.74) is 5.72. The van der Waals surface area contributed by atoms with E-state index < -0.39 is 6.43 Å². The van der Waals surface area contributed by atoms with E-state index in [1.807, 2.05) is 0 Å². The number of aromatic nitrogens is 1. The van der Waals surface area contributed by atoms with Gasteiger partial charge < -0.3 is 5.73 Å². The van der Waals surface area contributed by atoms with Crippen molar-refractivity contribution < 1.29 is 8.78 Å². The molecule has 2 N–H and O–H groups in total. The van der Waals surface area contributed by atoms with Gasteiger partial charge in [0, 0.05) is 17.2 Å². The average Bonchev–Trinajstić information content (AvgIpc) is 2.04. The molecule has 0 saturated carbocycles. The molecule has 0 aliphatic carbocycles. The summed E-state index contributed by atoms with van der Waals surface area (Å²) in [4.78, 5) is 3.59. The maximum Gasteiger partial charge on any atom is 0.281 e. The lowest BCUT2D eigenvalue weighted by Crippen LogP contribution is -2.03. The second-order valence-electron chi connectivity index (χ2n) is 2.29. The van der Waals surface area contributed by atoms with E-state index in [9.17, 15) is 8.78 Å². The predicted molar refractivity (Wildman–Crippen MR) is 52.5 cm³/mol. The van der Waals surface area contributed by atoms with E-state index in [2.05, 4.69) is 36.8 Å². The van der Waals surface area contributed by atoms with Gasteiger partial charge in [0.25, 0.3) is 6.43 Å². The zero-order valence-corrected chi connectivity index (χ0v) is 9.57. The van der Waals surface area contributed by atoms with Crippen molar-refractivity contribution in [3.05, 3.63) is 26.4 Å². The molecule has 0 atom stereocenters. The molecule has 0 bridgehead atoms. The molecule has 0 aliphatic rings. The number of alkyl halides is 2. The molecule has 0 amide bonds. The summed E-state index contributed by atoms with van der Waals surface area (Å²) >= 11 is 6.21. The maximum absolute atomic E-state index is 12.3. The highest BCUT2D eigenvalue weighted by Crippen LogP contribution is 2.31. The van der Waals surface area contributed by atoms with Crippen LogP contribution in [0, 0.1) is 0 Å². The topological polar surface area (TPSA) is 38.9 Å². The van der Waals surface area contributed by atoms with E-state index in [1.54, 1.807) is 0 Å². The Bertz CT molecular complexity index is 318. The van der Waals surface area contributed by atoms with Crippen molar-refractivity contribution in [3.63, 3.8) is 0 Å². The highest BCUT2D eigenvalue weighted by atomic mass is 79.9. The summed E-state index contributed by atoms with van der Waals surface area (Å²) in [6.45, 7) is 0.184. The van der Waals surface area contributed by atoms with Crippen LogP contribution in [-0.2, 0) is 6.54 Å². The Morgan fingerprint density at radius 3 is 2.54 bits per heavy atom. The van der Waals surface area contributed by atoms with Gasteiger partial charge in [-0.1, -0.05) is 0 Å². The van der Waals surface area contributed by atoms with E-state index in [4.69, 9.17) is 5.73 Å². The summed E-state index contributed by atoms with van der Waals surface area (Å²) in [6.07, 6.45) is -1.26. The Hall–Kier alpha value is -0.0700. The van der Waals surface area contributed by atoms with Gasteiger partial charge in [0.05, 0.1) is 4.47 Å². The SMILES string of the molecule is NCc1c(Br)cnc(C(F)F)c1Br. The van der Waals surface area contributed by atoms with Gasteiger partial charge >= 0.3 is 0 Å². The largest absolute Gasteiger partial charge is 0.326 e. The summed E-state index contributed by atoms with van der Waals surface area (Å²) < 4.78 is 25.6. The van der Waals surface area contributed by atoms with Gasteiger partial charge in [0.15, 0.2) is 0 Å². The van der Waals surface area contributed by atoms with Crippen LogP contribution in [0.3, 0.4) is 0 Å². The van der Waals surface area contributed by atoms with Gasteiger partial charge in [0.2, 0.25) is 0 Å². The quantitative estimate of drug-likeness (QED) is 0.911. The van der Waals surface area contributed by atoms with E-state index in [0.717, 1.165) is 0 Å². The molecule has 1 aromatic rings. The van der Waals surface area contributed by atoms with Crippen molar-refractivity contribution in [2.75, 3.05) is 0 Å². The Labute approximate surface area is 90.8 Å². The summed E-state index contributed by atoms with van der Waals surface area (Å²) in [5, 5.41) is 0. The van der Waals surface area contributed by atoms with E-state index in [0.29, 0.717) is 10.0 Å². The number of hydrogen-bond acceptors (Lipinski definition) is 2. The fourth-order valence-electron chi connectivity index (χ4n) is 0.859. The molecule has 13 heavy (non-hydrogen) atoms. The Morgan fingerprint density at radius 1 is 1.46 bits per heavy atom. The van der Waals surface area contributed by atoms with Crippen molar-refractivity contribution in [2.45, 2.75) is 13.0 Å². The van der Waals surface area contributed by atoms with Gasteiger partial charge in [0.1, 0.15) is 5.69 Å². The minimum Gasteiger partial charge on any atom is -0.326 e. The lowest BCUT2D eigenvalue weighted by molar-refractivity contribution is 0.145. The number of rotatable bonds is 2. The molecule has 0 saturated heterocycles. The summed E-state index contributed by atoms with van der Waals surface area (Å²) in [7, 11) is 0. The van der Waals surface area contributed by atoms with E-state index in [-0.39, 0.29) is 16.7 Å². The minimum absolute atomic E-state index is 0.184. The fraction of sp³-hybridized carbons (Fsp3) is 0.286. The zero-order valence-electron chi connectivity index (χ0n) is 6.40. The second-order valence-corrected chi connectivity index (χ2v) is 3.94. The summed E-state index contributed by atoms with van der Waals surface area (Å²) in [6, 6.07) is 0. The summed E-state index contributed by atoms with van der Waals surface area (Å²) in [5.74, 6) is 0. The lowest BCUT2D eigenvalue weighted by atomic mass is 10.2. The first-order chi connectivity index (χ1) is 6.07. The normalized spacial score (nSPS) is 10.9. The molecule has 0 radical (unpaired) electrons. The highest BCUT2D eigenvalue weighted by molar-refractivity contribution is 9.11. The van der Waals surface area contributed by atoms with Gasteiger partial charge in [-0.15, -0.1) is 0 Å². The molecule has 0 aromatic carbocycles. The van der Waals surface area contributed by atoms with Crippen LogP contribution in [0.1, 0.15) is 17.7 Å². The molecule has 1 heterocycles. The third-order valence-electron chi connectivity index (χ3n) is 1.51. The van der Waals surface area contributed by atoms with E-state index in [1.165, 1.54) is 6.20 Å². The first-order valence-corrected chi connectivity index (χ1v) is 4.97. The predicted octanol–water partition coefficient (Wildman–Crippen LogP) is 3.00. The Morgan fingerprint density at radius 2 is 2.08 bits per heavy atom. The number of nitrogens with zero attached hydrogens (tertiary/aromatic N) is 1. The molecule has 0 spiro atoms. The Kier molecular flexibility index (Phi) is 3.75. The number of hydrogen-bond donors (Lipinski definition) is 1. The number of halogens is 4. The van der Waals surface area contributed by atoms with Gasteiger partial charge in [-0.2, -0.15) is 0 Å². The minimum atomic E-state index is -2.59. The Balaban J connectivity index is 3.27. The molecule has 0 unspecified atom stereocenters. The standard InChI is InChI=1S/C7H6Br2F2N2/c8-4-2-13-6(7(10)11)5(9)3(4)1-12/h2,7H,1,12H2. The smallest absolute Gasteiger partial charge is 0.281 e. The molecular formula is C7H6Br2F2N2. The zero-order chi connectivity index (χ0) is 10.0. The fourth-order valence-corrected chi connectivity index (χ4v) is 2.24. The van der Waals surface area contributed by atoms with Crippen molar-refractivity contribution in [1.29, 1.82) is 0 Å². The van der Waals surface area contributed by atoms with Gasteiger partial charge in [-0.25, -0.2) is 8.78 Å². The van der Waals surface area contributed by atoms with Crippen LogP contribution < -0.4 is 5.73 Å². The molecule has 2 nitrogen and oxygen atoms in total. The van der Waals surface area contributed by atoms with Gasteiger partial charge in [-0.05, 0) is 37.4 Å². The number of pyridine rings is 1. The van der Waals surface area contributed by atoms with Crippen molar-refractivity contribution in [3.8, 4) is 0 Å². The van der Waals surface area contributed by atoms with Crippen LogP contribution in [0.5, 0.6) is 0 Å². The average molecular weight is 316 g/mol. The molecule has 1 rings (SSSR count). The lowest BCUT2D eigenvalue weighted by Gasteiger charge is -2.08. The molecular weight excluding hydrogens is 310 g/mol. The van der Waals surface area contributed by atoms with Crippen molar-refractivity contribution >= 4 is 31.9 Å². The third kappa shape index (κ3) is 2.24. The van der Waals surface area contributed by atoms with E-state index >= 15 is 0 Å². The third-order valence-corrected chi connectivity index (χ3v) is 3.07. The van der Waals surface area contributed by atoms with Gasteiger partial charge in [-0.3, -0.25) is 4.98 Å². The van der Waals surface area contributed by atoms with Crippen LogP contribution in [-0.4, -0.2) is 4.98 Å². The second kappa shape index (κ2) is 4.43. The molecule has 6 heteroatoms. The monoisotopic (exact) mass is 314 g/mol. The van der Waals surface area contributed by atoms with Crippen LogP contribution in [0.25, 0.3) is 0 Å². The first-order valence-electron chi connectivity index (χ1n) is 3.39.